The molecule has 5 rings (SSSR count). The molecule has 35 heavy (non-hydrogen) atoms. The number of nitrogens with zero attached hydrogens (tertiary/aromatic N) is 4. The fourth-order valence-corrected chi connectivity index (χ4v) is 4.91. The van der Waals surface area contributed by atoms with Gasteiger partial charge < -0.3 is 9.14 Å². The van der Waals surface area contributed by atoms with E-state index in [0.717, 1.165) is 22.5 Å². The van der Waals surface area contributed by atoms with Crippen LogP contribution in [-0.2, 0) is 23.5 Å². The van der Waals surface area contributed by atoms with Crippen molar-refractivity contribution >= 4 is 34.3 Å². The Morgan fingerprint density at radius 2 is 1.86 bits per heavy atom. The number of carbonyl (C=O) groups excluding carboxylic acids is 1. The van der Waals surface area contributed by atoms with Crippen LogP contribution in [0.25, 0.3) is 16.6 Å². The van der Waals surface area contributed by atoms with Crippen LogP contribution in [0.4, 0.5) is 0 Å². The minimum Gasteiger partial charge on any atom is -0.465 e. The number of fused-ring (bicyclic) bond motifs is 2. The lowest BCUT2D eigenvalue weighted by Gasteiger charge is -2.13. The first-order valence-electron chi connectivity index (χ1n) is 11.3. The summed E-state index contributed by atoms with van der Waals surface area (Å²) in [5.41, 5.74) is 4.78. The molecule has 3 aromatic heterocycles. The Kier molecular flexibility index (Phi) is 6.37. The number of imidazole rings is 1. The highest BCUT2D eigenvalue weighted by molar-refractivity contribution is 7.98. The Balaban J connectivity index is 1.51. The van der Waals surface area contributed by atoms with E-state index in [1.807, 2.05) is 66.2 Å². The number of methoxy groups -OCH3 is 1. The number of hydrogen-bond acceptors (Lipinski definition) is 6. The SMILES string of the molecule is COC(=O)c1ccc2c(=O)n(CCc3ccccc3)c(SCc3cn4cc(C)ccc4n3)nc2c1. The van der Waals surface area contributed by atoms with Crippen molar-refractivity contribution in [1.29, 1.82) is 0 Å². The van der Waals surface area contributed by atoms with Gasteiger partial charge in [-0.15, -0.1) is 0 Å². The van der Waals surface area contributed by atoms with Crippen molar-refractivity contribution in [1.82, 2.24) is 18.9 Å². The first-order chi connectivity index (χ1) is 17.0. The molecule has 0 amide bonds. The average Bonchev–Trinajstić information content (AvgIpc) is 3.28. The molecule has 0 aliphatic rings. The maximum Gasteiger partial charge on any atom is 0.337 e. The number of hydrogen-bond donors (Lipinski definition) is 0. The molecule has 0 fully saturated rings. The van der Waals surface area contributed by atoms with Crippen molar-refractivity contribution in [2.45, 2.75) is 30.8 Å². The number of aromatic nitrogens is 4. The first kappa shape index (κ1) is 22.9. The van der Waals surface area contributed by atoms with E-state index in [9.17, 15) is 9.59 Å². The summed E-state index contributed by atoms with van der Waals surface area (Å²) >= 11 is 1.46. The lowest BCUT2D eigenvalue weighted by atomic mass is 10.1. The van der Waals surface area contributed by atoms with E-state index in [1.54, 1.807) is 22.8 Å². The van der Waals surface area contributed by atoms with Gasteiger partial charge >= 0.3 is 5.97 Å². The molecule has 0 aliphatic carbocycles. The molecule has 0 saturated heterocycles. The Hall–Kier alpha value is -3.91. The van der Waals surface area contributed by atoms with Gasteiger partial charge in [0, 0.05) is 24.7 Å². The van der Waals surface area contributed by atoms with Gasteiger partial charge in [-0.3, -0.25) is 9.36 Å². The second-order valence-electron chi connectivity index (χ2n) is 8.30. The van der Waals surface area contributed by atoms with Crippen molar-refractivity contribution < 1.29 is 9.53 Å². The maximum absolute atomic E-state index is 13.5. The van der Waals surface area contributed by atoms with Crippen molar-refractivity contribution in [2.75, 3.05) is 7.11 Å². The highest BCUT2D eigenvalue weighted by Gasteiger charge is 2.15. The topological polar surface area (TPSA) is 78.5 Å². The quantitative estimate of drug-likeness (QED) is 0.190. The van der Waals surface area contributed by atoms with Crippen LogP contribution in [0.1, 0.15) is 27.2 Å². The van der Waals surface area contributed by atoms with E-state index in [1.165, 1.54) is 18.9 Å². The summed E-state index contributed by atoms with van der Waals surface area (Å²) in [5, 5.41) is 1.06. The molecular formula is C27H24N4O3S. The van der Waals surface area contributed by atoms with E-state index in [0.29, 0.717) is 40.3 Å². The molecule has 8 heteroatoms. The van der Waals surface area contributed by atoms with Gasteiger partial charge in [0.15, 0.2) is 5.16 Å². The van der Waals surface area contributed by atoms with Gasteiger partial charge in [-0.05, 0) is 48.7 Å². The maximum atomic E-state index is 13.5. The predicted octanol–water partition coefficient (Wildman–Crippen LogP) is 4.67. The number of rotatable bonds is 7. The molecular weight excluding hydrogens is 460 g/mol. The minimum absolute atomic E-state index is 0.129. The van der Waals surface area contributed by atoms with Gasteiger partial charge in [-0.1, -0.05) is 48.2 Å². The highest BCUT2D eigenvalue weighted by atomic mass is 32.2. The van der Waals surface area contributed by atoms with Crippen LogP contribution in [0, 0.1) is 6.92 Å². The monoisotopic (exact) mass is 484 g/mol. The molecule has 2 aromatic carbocycles. The van der Waals surface area contributed by atoms with E-state index in [4.69, 9.17) is 14.7 Å². The number of carbonyl (C=O) groups is 1. The van der Waals surface area contributed by atoms with Crippen molar-refractivity contribution in [3.8, 4) is 0 Å². The first-order valence-corrected chi connectivity index (χ1v) is 12.2. The van der Waals surface area contributed by atoms with E-state index < -0.39 is 5.97 Å². The molecule has 0 unspecified atom stereocenters. The average molecular weight is 485 g/mol. The molecule has 7 nitrogen and oxygen atoms in total. The fourth-order valence-electron chi connectivity index (χ4n) is 4.00. The van der Waals surface area contributed by atoms with E-state index >= 15 is 0 Å². The lowest BCUT2D eigenvalue weighted by molar-refractivity contribution is 0.0601. The summed E-state index contributed by atoms with van der Waals surface area (Å²) in [6.07, 6.45) is 4.74. The number of thioether (sulfide) groups is 1. The van der Waals surface area contributed by atoms with Crippen molar-refractivity contribution in [3.05, 3.63) is 106 Å². The summed E-state index contributed by atoms with van der Waals surface area (Å²) in [4.78, 5) is 35.0. The molecule has 0 atom stereocenters. The zero-order valence-corrected chi connectivity index (χ0v) is 20.3. The van der Waals surface area contributed by atoms with Crippen LogP contribution in [0.2, 0.25) is 0 Å². The Bertz CT molecular complexity index is 1590. The zero-order valence-electron chi connectivity index (χ0n) is 19.5. The van der Waals surface area contributed by atoms with Crippen LogP contribution >= 0.6 is 11.8 Å². The Morgan fingerprint density at radius 3 is 2.66 bits per heavy atom. The van der Waals surface area contributed by atoms with Crippen LogP contribution < -0.4 is 5.56 Å². The van der Waals surface area contributed by atoms with Gasteiger partial charge in [0.1, 0.15) is 5.65 Å². The third-order valence-electron chi connectivity index (χ3n) is 5.81. The molecule has 3 heterocycles. The molecule has 0 radical (unpaired) electrons. The molecule has 0 spiro atoms. The van der Waals surface area contributed by atoms with Crippen LogP contribution in [-0.4, -0.2) is 32.0 Å². The Morgan fingerprint density at radius 1 is 1.03 bits per heavy atom. The van der Waals surface area contributed by atoms with Gasteiger partial charge in [0.05, 0.1) is 29.3 Å². The largest absolute Gasteiger partial charge is 0.465 e. The number of aryl methyl sites for hydroxylation is 2. The summed E-state index contributed by atoms with van der Waals surface area (Å²) in [6, 6.07) is 18.9. The third-order valence-corrected chi connectivity index (χ3v) is 6.82. The normalized spacial score (nSPS) is 11.3. The molecule has 5 aromatic rings. The predicted molar refractivity (Wildman–Crippen MR) is 137 cm³/mol. The van der Waals surface area contributed by atoms with Crippen LogP contribution in [0.5, 0.6) is 0 Å². The second kappa shape index (κ2) is 9.76. The number of benzene rings is 2. The van der Waals surface area contributed by atoms with E-state index in [-0.39, 0.29) is 5.56 Å². The summed E-state index contributed by atoms with van der Waals surface area (Å²) in [6.45, 7) is 2.54. The zero-order chi connectivity index (χ0) is 24.4. The van der Waals surface area contributed by atoms with E-state index in [2.05, 4.69) is 0 Å². The lowest BCUT2D eigenvalue weighted by Crippen LogP contribution is -2.24. The Labute approximate surface area is 206 Å². The van der Waals surface area contributed by atoms with Gasteiger partial charge in [-0.2, -0.15) is 0 Å². The van der Waals surface area contributed by atoms with Crippen molar-refractivity contribution in [2.24, 2.45) is 0 Å². The van der Waals surface area contributed by atoms with Gasteiger partial charge in [-0.25, -0.2) is 14.8 Å². The van der Waals surface area contributed by atoms with Gasteiger partial charge in [0.2, 0.25) is 0 Å². The standard InChI is InChI=1S/C27H24N4O3S/c1-18-8-11-24-28-21(16-30(24)15-18)17-35-27-29-23-14-20(26(33)34-2)9-10-22(23)25(32)31(27)13-12-19-6-4-3-5-7-19/h3-11,14-16H,12-13,17H2,1-2H3. The molecule has 0 N–H and O–H groups in total. The van der Waals surface area contributed by atoms with Crippen LogP contribution in [0.3, 0.4) is 0 Å². The number of esters is 1. The molecule has 0 aliphatic heterocycles. The second-order valence-corrected chi connectivity index (χ2v) is 9.25. The molecule has 0 saturated carbocycles. The third kappa shape index (κ3) is 4.83. The number of ether oxygens (including phenoxy) is 1. The fraction of sp³-hybridized carbons (Fsp3) is 0.185. The van der Waals surface area contributed by atoms with Crippen molar-refractivity contribution in [3.63, 3.8) is 0 Å². The highest BCUT2D eigenvalue weighted by Crippen LogP contribution is 2.23. The van der Waals surface area contributed by atoms with Crippen LogP contribution in [0.15, 0.2) is 83.0 Å². The summed E-state index contributed by atoms with van der Waals surface area (Å²) in [5.74, 6) is 0.0944. The molecule has 176 valence electrons. The smallest absolute Gasteiger partial charge is 0.337 e. The van der Waals surface area contributed by atoms with Gasteiger partial charge in [0.25, 0.3) is 5.56 Å². The summed E-state index contributed by atoms with van der Waals surface area (Å²) in [7, 11) is 1.33. The summed E-state index contributed by atoms with van der Waals surface area (Å²) < 4.78 is 8.56. The minimum atomic E-state index is -0.462. The number of pyridine rings is 1. The molecule has 0 bridgehead atoms.